The fraction of sp³-hybridized carbons (Fsp3) is 0.417. The summed E-state index contributed by atoms with van der Waals surface area (Å²) in [5.41, 5.74) is 1.59. The van der Waals surface area contributed by atoms with Gasteiger partial charge >= 0.3 is 18.0 Å². The minimum Gasteiger partial charge on any atom is -0.460 e. The zero-order valence-corrected chi connectivity index (χ0v) is 28.2. The SMILES string of the molecule is C=CCOC(=O)C(NC(=O)[C@H](CCC(=O)OC(C)(C)C)NC(=O)[C@H](Cc1c[nH]c2ccccc12)NC(=O)OCc1ccccc1)C(C)C. The molecule has 0 bridgehead atoms. The molecule has 3 atom stereocenters. The lowest BCUT2D eigenvalue weighted by molar-refractivity contribution is -0.155. The molecule has 12 heteroatoms. The van der Waals surface area contributed by atoms with Gasteiger partial charge in [-0.2, -0.15) is 0 Å². The smallest absolute Gasteiger partial charge is 0.408 e. The molecule has 0 aliphatic carbocycles. The number of aromatic nitrogens is 1. The molecule has 3 rings (SSSR count). The van der Waals surface area contributed by atoms with Crippen LogP contribution in [0.3, 0.4) is 0 Å². The molecule has 0 aliphatic rings. The van der Waals surface area contributed by atoms with Gasteiger partial charge in [0.05, 0.1) is 0 Å². The van der Waals surface area contributed by atoms with Gasteiger partial charge in [0, 0.05) is 29.9 Å². The fourth-order valence-electron chi connectivity index (χ4n) is 4.82. The van der Waals surface area contributed by atoms with E-state index in [9.17, 15) is 24.0 Å². The molecule has 4 N–H and O–H groups in total. The molecule has 0 fully saturated rings. The lowest BCUT2D eigenvalue weighted by Crippen LogP contribution is -2.57. The molecule has 0 aliphatic heterocycles. The second kappa shape index (κ2) is 17.7. The van der Waals surface area contributed by atoms with E-state index in [0.29, 0.717) is 0 Å². The van der Waals surface area contributed by atoms with E-state index in [1.165, 1.54) is 6.08 Å². The van der Waals surface area contributed by atoms with Crippen molar-refractivity contribution in [1.29, 1.82) is 0 Å². The van der Waals surface area contributed by atoms with Gasteiger partial charge in [0.1, 0.15) is 36.9 Å². The largest absolute Gasteiger partial charge is 0.460 e. The first-order valence-electron chi connectivity index (χ1n) is 15.9. The van der Waals surface area contributed by atoms with E-state index < -0.39 is 53.6 Å². The summed E-state index contributed by atoms with van der Waals surface area (Å²) in [6, 6.07) is 13.1. The van der Waals surface area contributed by atoms with Crippen LogP contribution in [0.1, 0.15) is 58.6 Å². The summed E-state index contributed by atoms with van der Waals surface area (Å²) in [7, 11) is 0. The number of benzene rings is 2. The number of ether oxygens (including phenoxy) is 3. The summed E-state index contributed by atoms with van der Waals surface area (Å²) in [6.45, 7) is 12.1. The highest BCUT2D eigenvalue weighted by atomic mass is 16.6. The van der Waals surface area contributed by atoms with Crippen molar-refractivity contribution < 1.29 is 38.2 Å². The molecule has 12 nitrogen and oxygen atoms in total. The number of hydrogen-bond acceptors (Lipinski definition) is 8. The van der Waals surface area contributed by atoms with Gasteiger partial charge in [-0.3, -0.25) is 14.4 Å². The predicted molar refractivity (Wildman–Crippen MR) is 180 cm³/mol. The van der Waals surface area contributed by atoms with Crippen molar-refractivity contribution >= 4 is 40.7 Å². The number of carbonyl (C=O) groups excluding carboxylic acids is 5. The molecule has 48 heavy (non-hydrogen) atoms. The number of fused-ring (bicyclic) bond motifs is 1. The number of hydrogen-bond donors (Lipinski definition) is 4. The first-order chi connectivity index (χ1) is 22.8. The number of aromatic amines is 1. The van der Waals surface area contributed by atoms with E-state index in [1.807, 2.05) is 42.5 Å². The van der Waals surface area contributed by atoms with Gasteiger partial charge in [0.2, 0.25) is 11.8 Å². The zero-order chi connectivity index (χ0) is 35.3. The first-order valence-corrected chi connectivity index (χ1v) is 15.9. The van der Waals surface area contributed by atoms with Crippen LogP contribution < -0.4 is 16.0 Å². The molecule has 1 unspecified atom stereocenters. The molecule has 258 valence electrons. The van der Waals surface area contributed by atoms with E-state index in [0.717, 1.165) is 22.0 Å². The highest BCUT2D eigenvalue weighted by Gasteiger charge is 2.33. The van der Waals surface area contributed by atoms with Gasteiger partial charge in [0.15, 0.2) is 0 Å². The second-order valence-electron chi connectivity index (χ2n) is 12.7. The number of amides is 3. The van der Waals surface area contributed by atoms with Crippen LogP contribution in [0.2, 0.25) is 0 Å². The summed E-state index contributed by atoms with van der Waals surface area (Å²) < 4.78 is 16.0. The molecule has 0 radical (unpaired) electrons. The minimum absolute atomic E-state index is 0.0203. The Labute approximate surface area is 281 Å². The van der Waals surface area contributed by atoms with Crippen LogP contribution in [-0.4, -0.2) is 65.2 Å². The van der Waals surface area contributed by atoms with E-state index in [-0.39, 0.29) is 38.4 Å². The third kappa shape index (κ3) is 11.9. The summed E-state index contributed by atoms with van der Waals surface area (Å²) in [5.74, 6) is -3.01. The molecule has 1 heterocycles. The Balaban J connectivity index is 1.85. The monoisotopic (exact) mass is 662 g/mol. The normalized spacial score (nSPS) is 13.1. The van der Waals surface area contributed by atoms with E-state index >= 15 is 0 Å². The van der Waals surface area contributed by atoms with Gasteiger partial charge in [-0.1, -0.05) is 75.0 Å². The van der Waals surface area contributed by atoms with Crippen LogP contribution in [-0.2, 0) is 46.4 Å². The van der Waals surface area contributed by atoms with Crippen molar-refractivity contribution in [2.75, 3.05) is 6.61 Å². The maximum atomic E-state index is 13.9. The van der Waals surface area contributed by atoms with E-state index in [4.69, 9.17) is 14.2 Å². The molecule has 2 aromatic carbocycles. The number of nitrogens with one attached hydrogen (secondary N) is 4. The van der Waals surface area contributed by atoms with Gasteiger partial charge < -0.3 is 35.1 Å². The minimum atomic E-state index is -1.27. The fourth-order valence-corrected chi connectivity index (χ4v) is 4.82. The Morgan fingerprint density at radius 3 is 2.21 bits per heavy atom. The highest BCUT2D eigenvalue weighted by molar-refractivity contribution is 5.94. The molecule has 0 saturated heterocycles. The number of esters is 2. The van der Waals surface area contributed by atoms with Crippen LogP contribution in [0.15, 0.2) is 73.4 Å². The van der Waals surface area contributed by atoms with Gasteiger partial charge in [0.25, 0.3) is 0 Å². The summed E-state index contributed by atoms with van der Waals surface area (Å²) in [6.07, 6.45) is 2.03. The quantitative estimate of drug-likeness (QED) is 0.0991. The zero-order valence-electron chi connectivity index (χ0n) is 28.2. The van der Waals surface area contributed by atoms with Crippen molar-refractivity contribution in [2.24, 2.45) is 5.92 Å². The molecule has 3 amide bonds. The predicted octanol–water partition coefficient (Wildman–Crippen LogP) is 4.48. The maximum Gasteiger partial charge on any atom is 0.408 e. The average Bonchev–Trinajstić information content (AvgIpc) is 3.45. The van der Waals surface area contributed by atoms with Gasteiger partial charge in [-0.25, -0.2) is 9.59 Å². The Kier molecular flexibility index (Phi) is 13.8. The lowest BCUT2D eigenvalue weighted by atomic mass is 10.0. The topological polar surface area (TPSA) is 165 Å². The Morgan fingerprint density at radius 1 is 0.875 bits per heavy atom. The van der Waals surface area contributed by atoms with Crippen molar-refractivity contribution in [3.8, 4) is 0 Å². The summed E-state index contributed by atoms with van der Waals surface area (Å²) in [4.78, 5) is 69.0. The number of para-hydroxylation sites is 1. The third-order valence-corrected chi connectivity index (χ3v) is 7.17. The number of rotatable bonds is 16. The first kappa shape index (κ1) is 37.3. The molecule has 1 aromatic heterocycles. The average molecular weight is 663 g/mol. The van der Waals surface area contributed by atoms with Crippen molar-refractivity contribution in [1.82, 2.24) is 20.9 Å². The van der Waals surface area contributed by atoms with Gasteiger partial charge in [-0.15, -0.1) is 0 Å². The molecule has 3 aromatic rings. The second-order valence-corrected chi connectivity index (χ2v) is 12.7. The van der Waals surface area contributed by atoms with E-state index in [1.54, 1.807) is 52.9 Å². The lowest BCUT2D eigenvalue weighted by Gasteiger charge is -2.26. The standard InChI is InChI=1S/C36H46N4O8/c1-7-19-46-34(44)31(23(2)3)40-32(42)28(17-18-30(41)48-36(4,5)6)38-33(43)29(20-25-21-37-27-16-12-11-15-26(25)27)39-35(45)47-22-24-13-9-8-10-14-24/h7-16,21,23,28-29,31,37H,1,17-20,22H2,2-6H3,(H,38,43)(H,39,45)(H,40,42)/t28-,29-,31?/m0/s1. The Morgan fingerprint density at radius 2 is 1.54 bits per heavy atom. The highest BCUT2D eigenvalue weighted by Crippen LogP contribution is 2.20. The van der Waals surface area contributed by atoms with E-state index in [2.05, 4.69) is 27.5 Å². The van der Waals surface area contributed by atoms with Crippen LogP contribution in [0.25, 0.3) is 10.9 Å². The molecular formula is C36H46N4O8. The Hall–Kier alpha value is -5.13. The van der Waals surface area contributed by atoms with Crippen LogP contribution in [0.5, 0.6) is 0 Å². The van der Waals surface area contributed by atoms with Crippen LogP contribution in [0.4, 0.5) is 4.79 Å². The third-order valence-electron chi connectivity index (χ3n) is 7.17. The number of alkyl carbamates (subject to hydrolysis) is 1. The number of H-pyrrole nitrogens is 1. The molecule has 0 spiro atoms. The van der Waals surface area contributed by atoms with Crippen LogP contribution >= 0.6 is 0 Å². The summed E-state index contributed by atoms with van der Waals surface area (Å²) in [5, 5.41) is 8.84. The summed E-state index contributed by atoms with van der Waals surface area (Å²) >= 11 is 0. The van der Waals surface area contributed by atoms with Crippen molar-refractivity contribution in [2.45, 2.75) is 84.2 Å². The molecule has 0 saturated carbocycles. The van der Waals surface area contributed by atoms with Gasteiger partial charge in [-0.05, 0) is 50.3 Å². The number of carbonyl (C=O) groups is 5. The van der Waals surface area contributed by atoms with Crippen molar-refractivity contribution in [3.05, 3.63) is 84.6 Å². The van der Waals surface area contributed by atoms with Crippen molar-refractivity contribution in [3.63, 3.8) is 0 Å². The Bertz CT molecular complexity index is 1560. The maximum absolute atomic E-state index is 13.9. The molecular weight excluding hydrogens is 616 g/mol. The van der Waals surface area contributed by atoms with Crippen LogP contribution in [0, 0.1) is 5.92 Å².